The Bertz CT molecular complexity index is 3750. The number of furan rings is 1. The minimum Gasteiger partial charge on any atom is -0.456 e. The summed E-state index contributed by atoms with van der Waals surface area (Å²) in [4.78, 5) is 15.5. The van der Waals surface area contributed by atoms with E-state index < -0.39 is 6.04 Å². The minimum absolute atomic E-state index is 0.117. The van der Waals surface area contributed by atoms with E-state index in [2.05, 4.69) is 68.4 Å². The molecule has 12 rings (SSSR count). The zero-order valence-electron chi connectivity index (χ0n) is 37.1. The average molecular weight is 762 g/mol. The summed E-state index contributed by atoms with van der Waals surface area (Å²) in [6, 6.07) is 49.5. The fourth-order valence-corrected chi connectivity index (χ4v) is 9.13. The number of hydrogen-bond acceptors (Lipinski definition) is 4. The molecule has 3 aromatic heterocycles. The Labute approximate surface area is 347 Å². The van der Waals surface area contributed by atoms with Crippen LogP contribution in [0.5, 0.6) is 0 Å². The molecule has 0 atom stereocenters. The van der Waals surface area contributed by atoms with Crippen molar-refractivity contribution in [3.05, 3.63) is 193 Å². The van der Waals surface area contributed by atoms with E-state index in [0.29, 0.717) is 23.1 Å². The van der Waals surface area contributed by atoms with Crippen molar-refractivity contribution in [3.8, 4) is 62.1 Å². The molecule has 0 bridgehead atoms. The molecule has 0 saturated heterocycles. The first-order chi connectivity index (χ1) is 31.1. The Hall–Kier alpha value is -7.63. The van der Waals surface area contributed by atoms with Gasteiger partial charge in [0.05, 0.1) is 17.9 Å². The molecule has 1 aliphatic carbocycles. The number of rotatable bonds is 5. The number of hydrogen-bond donors (Lipinski definition) is 0. The van der Waals surface area contributed by atoms with Crippen LogP contribution in [0.1, 0.15) is 31.8 Å². The lowest BCUT2D eigenvalue weighted by Gasteiger charge is -2.21. The van der Waals surface area contributed by atoms with Crippen molar-refractivity contribution in [2.75, 3.05) is 0 Å². The van der Waals surface area contributed by atoms with Crippen molar-refractivity contribution in [2.45, 2.75) is 19.3 Å². The zero-order valence-corrected chi connectivity index (χ0v) is 32.1. The molecular formula is C54H36N4O. The number of nitrogens with zero attached hydrogens (tertiary/aromatic N) is 4. The van der Waals surface area contributed by atoms with Gasteiger partial charge in [0.2, 0.25) is 0 Å². The largest absolute Gasteiger partial charge is 0.456 e. The fraction of sp³-hybridized carbons (Fsp3) is 0.0556. The maximum Gasteiger partial charge on any atom is 0.164 e. The lowest BCUT2D eigenvalue weighted by Crippen LogP contribution is -2.15. The minimum atomic E-state index is -0.422. The summed E-state index contributed by atoms with van der Waals surface area (Å²) < 4.78 is 50.9. The summed E-state index contributed by atoms with van der Waals surface area (Å²) in [5, 5.41) is 3.59. The van der Waals surface area contributed by atoms with E-state index in [0.717, 1.165) is 66.0 Å². The van der Waals surface area contributed by atoms with Crippen LogP contribution in [0.25, 0.3) is 106 Å². The van der Waals surface area contributed by atoms with Gasteiger partial charge >= 0.3 is 0 Å². The molecular weight excluding hydrogens is 721 g/mol. The first-order valence-corrected chi connectivity index (χ1v) is 19.7. The van der Waals surface area contributed by atoms with Gasteiger partial charge in [-0.2, -0.15) is 0 Å². The van der Waals surface area contributed by atoms with Crippen LogP contribution in [0.4, 0.5) is 0 Å². The highest BCUT2D eigenvalue weighted by molar-refractivity contribution is 6.14. The number of fused-ring (bicyclic) bond motifs is 9. The maximum absolute atomic E-state index is 8.81. The molecule has 0 fully saturated rings. The third-order valence-corrected chi connectivity index (χ3v) is 12.0. The summed E-state index contributed by atoms with van der Waals surface area (Å²) in [6.45, 7) is 4.55. The molecule has 0 spiro atoms. The van der Waals surface area contributed by atoms with Gasteiger partial charge in [-0.15, -0.1) is 0 Å². The maximum atomic E-state index is 8.81. The zero-order chi connectivity index (χ0) is 43.6. The molecule has 1 aliphatic rings. The number of para-hydroxylation sites is 2. The van der Waals surface area contributed by atoms with Crippen LogP contribution in [-0.4, -0.2) is 19.5 Å². The second-order valence-electron chi connectivity index (χ2n) is 15.7. The van der Waals surface area contributed by atoms with Crippen LogP contribution in [0, 0.1) is 0 Å². The average Bonchev–Trinajstić information content (AvgIpc) is 3.95. The molecule has 5 heteroatoms. The van der Waals surface area contributed by atoms with Gasteiger partial charge in [-0.05, 0) is 87.9 Å². The molecule has 0 unspecified atom stereocenters. The van der Waals surface area contributed by atoms with Gasteiger partial charge in [-0.3, -0.25) is 0 Å². The molecule has 11 aromatic rings. The van der Waals surface area contributed by atoms with Crippen LogP contribution in [-0.2, 0) is 5.41 Å². The quantitative estimate of drug-likeness (QED) is 0.175. The first kappa shape index (κ1) is 28.7. The Morgan fingerprint density at radius 1 is 0.475 bits per heavy atom. The normalized spacial score (nSPS) is 14.2. The van der Waals surface area contributed by atoms with Crippen LogP contribution < -0.4 is 0 Å². The Kier molecular flexibility index (Phi) is 6.18. The molecule has 59 heavy (non-hydrogen) atoms. The second-order valence-corrected chi connectivity index (χ2v) is 15.7. The van der Waals surface area contributed by atoms with Gasteiger partial charge in [-0.1, -0.05) is 141 Å². The third-order valence-electron chi connectivity index (χ3n) is 12.0. The van der Waals surface area contributed by atoms with Gasteiger partial charge in [0.25, 0.3) is 0 Å². The predicted molar refractivity (Wildman–Crippen MR) is 241 cm³/mol. The van der Waals surface area contributed by atoms with E-state index in [1.165, 1.54) is 22.3 Å². The van der Waals surface area contributed by atoms with Gasteiger partial charge < -0.3 is 8.98 Å². The highest BCUT2D eigenvalue weighted by Crippen LogP contribution is 2.49. The van der Waals surface area contributed by atoms with Gasteiger partial charge in [0.15, 0.2) is 17.5 Å². The van der Waals surface area contributed by atoms with Gasteiger partial charge in [0.1, 0.15) is 11.2 Å². The molecule has 3 heterocycles. The van der Waals surface area contributed by atoms with Crippen molar-refractivity contribution in [3.63, 3.8) is 0 Å². The highest BCUT2D eigenvalue weighted by atomic mass is 16.3. The van der Waals surface area contributed by atoms with Crippen molar-refractivity contribution in [1.82, 2.24) is 19.5 Å². The lowest BCUT2D eigenvalue weighted by molar-refractivity contribution is 0.660. The lowest BCUT2D eigenvalue weighted by atomic mass is 9.82. The van der Waals surface area contributed by atoms with Crippen molar-refractivity contribution in [2.24, 2.45) is 0 Å². The van der Waals surface area contributed by atoms with E-state index in [9.17, 15) is 0 Å². The van der Waals surface area contributed by atoms with Crippen molar-refractivity contribution < 1.29 is 11.3 Å². The van der Waals surface area contributed by atoms with Crippen LogP contribution in [0.15, 0.2) is 186 Å². The van der Waals surface area contributed by atoms with E-state index in [4.69, 9.17) is 26.2 Å². The van der Waals surface area contributed by atoms with E-state index in [1.54, 1.807) is 4.57 Å². The summed E-state index contributed by atoms with van der Waals surface area (Å²) in [5.74, 6) is 1.69. The summed E-state index contributed by atoms with van der Waals surface area (Å²) in [6.07, 6.45) is 0. The standard InChI is InChI=1S/C54H36N4O/c1-54(2)44-21-11-9-18-38(44)39-27-24-36(32-45(39)54)52-55-51(33-14-5-3-6-15-33)56-53(57-52)41-20-13-23-49-50(41)43-31-35(26-29-48(43)59-49)34-25-28-47-42(30-34)40-19-10-12-22-46(40)58(47)37-16-7-4-8-17-37/h3-32H,1-2H3/i4D,7D,8D,16D,17D. The van der Waals surface area contributed by atoms with E-state index >= 15 is 0 Å². The second kappa shape index (κ2) is 12.7. The Balaban J connectivity index is 1.02. The highest BCUT2D eigenvalue weighted by Gasteiger charge is 2.35. The van der Waals surface area contributed by atoms with Crippen molar-refractivity contribution in [1.29, 1.82) is 0 Å². The smallest absolute Gasteiger partial charge is 0.164 e. The number of aromatic nitrogens is 4. The van der Waals surface area contributed by atoms with Crippen molar-refractivity contribution >= 4 is 43.7 Å². The molecule has 0 amide bonds. The summed E-state index contributed by atoms with van der Waals surface area (Å²) in [7, 11) is 0. The van der Waals surface area contributed by atoms with Crippen LogP contribution >= 0.6 is 0 Å². The Morgan fingerprint density at radius 3 is 2.00 bits per heavy atom. The SMILES string of the molecule is [2H]c1c([2H])c([2H])c(-n2c3ccccc3c3cc(-c4ccc5oc6cccc(-c7nc(-c8ccccc8)nc(-c8ccc9c(c8)C(C)(C)c8ccccc8-9)n7)c6c5c4)ccc32)c([2H])c1[2H]. The third kappa shape index (κ3) is 5.14. The van der Waals surface area contributed by atoms with Crippen LogP contribution in [0.3, 0.4) is 0 Å². The monoisotopic (exact) mass is 761 g/mol. The molecule has 0 N–H and O–H groups in total. The molecule has 5 nitrogen and oxygen atoms in total. The van der Waals surface area contributed by atoms with Gasteiger partial charge in [0, 0.05) is 49.3 Å². The molecule has 8 aromatic carbocycles. The summed E-state index contributed by atoms with van der Waals surface area (Å²) in [5.41, 5.74) is 12.4. The molecule has 0 saturated carbocycles. The Morgan fingerprint density at radius 2 is 1.14 bits per heavy atom. The van der Waals surface area contributed by atoms with Crippen LogP contribution in [0.2, 0.25) is 0 Å². The predicted octanol–water partition coefficient (Wildman–Crippen LogP) is 13.8. The molecule has 278 valence electrons. The summed E-state index contributed by atoms with van der Waals surface area (Å²) >= 11 is 0. The van der Waals surface area contributed by atoms with E-state index in [-0.39, 0.29) is 35.3 Å². The molecule has 0 radical (unpaired) electrons. The first-order valence-electron chi connectivity index (χ1n) is 22.2. The fourth-order valence-electron chi connectivity index (χ4n) is 9.13. The van der Waals surface area contributed by atoms with Gasteiger partial charge in [-0.25, -0.2) is 15.0 Å². The molecule has 0 aliphatic heterocycles. The topological polar surface area (TPSA) is 56.7 Å². The number of benzene rings is 8. The van der Waals surface area contributed by atoms with E-state index in [1.807, 2.05) is 97.1 Å².